The molecule has 0 aromatic heterocycles. The SMILES string of the molecule is COC(=O)CCCC(=O)c1ccc(S(C)(=O)=O)cc1. The van der Waals surface area contributed by atoms with E-state index >= 15 is 0 Å². The third-order valence-corrected chi connectivity index (χ3v) is 3.75. The van der Waals surface area contributed by atoms with Crippen LogP contribution in [0.2, 0.25) is 0 Å². The largest absolute Gasteiger partial charge is 0.469 e. The van der Waals surface area contributed by atoms with Crippen LogP contribution in [-0.2, 0) is 19.4 Å². The van der Waals surface area contributed by atoms with Gasteiger partial charge in [-0.05, 0) is 18.6 Å². The molecule has 0 amide bonds. The van der Waals surface area contributed by atoms with E-state index in [1.54, 1.807) is 0 Å². The lowest BCUT2D eigenvalue weighted by atomic mass is 10.1. The van der Waals surface area contributed by atoms with Crippen LogP contribution in [0.1, 0.15) is 29.6 Å². The third kappa shape index (κ3) is 4.82. The molecule has 0 radical (unpaired) electrons. The Morgan fingerprint density at radius 1 is 1.11 bits per heavy atom. The number of rotatable bonds is 6. The Hall–Kier alpha value is -1.69. The number of ketones is 1. The summed E-state index contributed by atoms with van der Waals surface area (Å²) in [6, 6.07) is 5.78. The van der Waals surface area contributed by atoms with Crippen LogP contribution in [-0.4, -0.2) is 33.5 Å². The summed E-state index contributed by atoms with van der Waals surface area (Å²) in [5.74, 6) is -0.468. The summed E-state index contributed by atoms with van der Waals surface area (Å²) in [4.78, 5) is 22.8. The van der Waals surface area contributed by atoms with Crippen molar-refractivity contribution in [2.24, 2.45) is 0 Å². The molecule has 0 heterocycles. The fourth-order valence-corrected chi connectivity index (χ4v) is 2.16. The van der Waals surface area contributed by atoms with E-state index in [1.807, 2.05) is 0 Å². The molecule has 19 heavy (non-hydrogen) atoms. The molecular formula is C13H16O5S. The summed E-state index contributed by atoms with van der Waals surface area (Å²) in [5, 5.41) is 0. The molecule has 0 aliphatic heterocycles. The number of Topliss-reactive ketones (excluding diaryl/α,β-unsaturated/α-hetero) is 1. The topological polar surface area (TPSA) is 77.5 Å². The van der Waals surface area contributed by atoms with Crippen LogP contribution in [0.3, 0.4) is 0 Å². The molecule has 6 heteroatoms. The smallest absolute Gasteiger partial charge is 0.305 e. The van der Waals surface area contributed by atoms with E-state index in [0.717, 1.165) is 6.26 Å². The van der Waals surface area contributed by atoms with Gasteiger partial charge in [0, 0.05) is 24.7 Å². The highest BCUT2D eigenvalue weighted by molar-refractivity contribution is 7.90. The maximum Gasteiger partial charge on any atom is 0.305 e. The standard InChI is InChI=1S/C13H16O5S/c1-18-13(15)5-3-4-12(14)10-6-8-11(9-7-10)19(2,16)17/h6-9H,3-5H2,1-2H3. The minimum absolute atomic E-state index is 0.121. The summed E-state index contributed by atoms with van der Waals surface area (Å²) in [7, 11) is -1.95. The second kappa shape index (κ2) is 6.47. The van der Waals surface area contributed by atoms with Crippen molar-refractivity contribution in [2.45, 2.75) is 24.2 Å². The van der Waals surface area contributed by atoms with Gasteiger partial charge >= 0.3 is 5.97 Å². The first kappa shape index (κ1) is 15.4. The van der Waals surface area contributed by atoms with E-state index < -0.39 is 9.84 Å². The van der Waals surface area contributed by atoms with Crippen molar-refractivity contribution in [3.05, 3.63) is 29.8 Å². The molecule has 0 unspecified atom stereocenters. The van der Waals surface area contributed by atoms with Crippen molar-refractivity contribution in [3.63, 3.8) is 0 Å². The van der Waals surface area contributed by atoms with Crippen molar-refractivity contribution in [1.82, 2.24) is 0 Å². The van der Waals surface area contributed by atoms with Gasteiger partial charge in [0.05, 0.1) is 12.0 Å². The van der Waals surface area contributed by atoms with E-state index in [4.69, 9.17) is 0 Å². The molecule has 1 aromatic carbocycles. The minimum atomic E-state index is -3.25. The summed E-state index contributed by atoms with van der Waals surface area (Å²) in [6.45, 7) is 0. The van der Waals surface area contributed by atoms with Crippen LogP contribution in [0.25, 0.3) is 0 Å². The molecule has 1 rings (SSSR count). The number of ether oxygens (including phenoxy) is 1. The summed E-state index contributed by atoms with van der Waals surface area (Å²) in [6.07, 6.45) is 1.95. The lowest BCUT2D eigenvalue weighted by Crippen LogP contribution is -2.04. The number of carbonyl (C=O) groups is 2. The number of esters is 1. The van der Waals surface area contributed by atoms with Gasteiger partial charge in [0.15, 0.2) is 15.6 Å². The molecule has 5 nitrogen and oxygen atoms in total. The molecule has 0 saturated heterocycles. The number of carbonyl (C=O) groups excluding carboxylic acids is 2. The Labute approximate surface area is 112 Å². The molecule has 0 saturated carbocycles. The predicted molar refractivity (Wildman–Crippen MR) is 69.7 cm³/mol. The highest BCUT2D eigenvalue weighted by Crippen LogP contribution is 2.13. The Morgan fingerprint density at radius 2 is 1.68 bits per heavy atom. The Morgan fingerprint density at radius 3 is 2.16 bits per heavy atom. The molecule has 0 spiro atoms. The van der Waals surface area contributed by atoms with Gasteiger partial charge in [0.1, 0.15) is 0 Å². The maximum atomic E-state index is 11.8. The van der Waals surface area contributed by atoms with Gasteiger partial charge < -0.3 is 4.74 Å². The number of methoxy groups -OCH3 is 1. The molecule has 0 N–H and O–H groups in total. The van der Waals surface area contributed by atoms with Crippen LogP contribution in [0.4, 0.5) is 0 Å². The van der Waals surface area contributed by atoms with E-state index in [-0.39, 0.29) is 29.5 Å². The van der Waals surface area contributed by atoms with Gasteiger partial charge in [-0.25, -0.2) is 8.42 Å². The van der Waals surface area contributed by atoms with Gasteiger partial charge in [-0.1, -0.05) is 12.1 Å². The number of hydrogen-bond donors (Lipinski definition) is 0. The van der Waals surface area contributed by atoms with Gasteiger partial charge in [0.25, 0.3) is 0 Å². The molecule has 0 aliphatic carbocycles. The van der Waals surface area contributed by atoms with Crippen molar-refractivity contribution in [1.29, 1.82) is 0 Å². The highest BCUT2D eigenvalue weighted by Gasteiger charge is 2.10. The monoisotopic (exact) mass is 284 g/mol. The van der Waals surface area contributed by atoms with Crippen molar-refractivity contribution >= 4 is 21.6 Å². The average molecular weight is 284 g/mol. The fraction of sp³-hybridized carbons (Fsp3) is 0.385. The third-order valence-electron chi connectivity index (χ3n) is 2.62. The fourth-order valence-electron chi connectivity index (χ4n) is 1.53. The zero-order valence-electron chi connectivity index (χ0n) is 10.9. The van der Waals surface area contributed by atoms with Gasteiger partial charge in [-0.15, -0.1) is 0 Å². The Bertz CT molecular complexity index is 557. The quantitative estimate of drug-likeness (QED) is 0.586. The normalized spacial score (nSPS) is 11.1. The van der Waals surface area contributed by atoms with Crippen molar-refractivity contribution in [2.75, 3.05) is 13.4 Å². The van der Waals surface area contributed by atoms with Crippen LogP contribution < -0.4 is 0 Å². The summed E-state index contributed by atoms with van der Waals surface area (Å²) >= 11 is 0. The number of benzene rings is 1. The van der Waals surface area contributed by atoms with Gasteiger partial charge in [-0.2, -0.15) is 0 Å². The number of hydrogen-bond acceptors (Lipinski definition) is 5. The first-order valence-electron chi connectivity index (χ1n) is 5.74. The van der Waals surface area contributed by atoms with E-state index in [2.05, 4.69) is 4.74 Å². The first-order chi connectivity index (χ1) is 8.84. The van der Waals surface area contributed by atoms with Crippen molar-refractivity contribution < 1.29 is 22.7 Å². The zero-order chi connectivity index (χ0) is 14.5. The highest BCUT2D eigenvalue weighted by atomic mass is 32.2. The number of sulfone groups is 1. The van der Waals surface area contributed by atoms with Crippen LogP contribution in [0, 0.1) is 0 Å². The predicted octanol–water partition coefficient (Wildman–Crippen LogP) is 1.62. The molecule has 0 fully saturated rings. The zero-order valence-corrected chi connectivity index (χ0v) is 11.7. The average Bonchev–Trinajstić information content (AvgIpc) is 2.37. The molecular weight excluding hydrogens is 268 g/mol. The first-order valence-corrected chi connectivity index (χ1v) is 7.64. The molecule has 0 bridgehead atoms. The van der Waals surface area contributed by atoms with E-state index in [9.17, 15) is 18.0 Å². The molecule has 1 aromatic rings. The minimum Gasteiger partial charge on any atom is -0.469 e. The Balaban J connectivity index is 2.61. The van der Waals surface area contributed by atoms with Crippen LogP contribution in [0.5, 0.6) is 0 Å². The van der Waals surface area contributed by atoms with E-state index in [0.29, 0.717) is 12.0 Å². The van der Waals surface area contributed by atoms with Gasteiger partial charge in [-0.3, -0.25) is 9.59 Å². The maximum absolute atomic E-state index is 11.8. The van der Waals surface area contributed by atoms with Gasteiger partial charge in [0.2, 0.25) is 0 Å². The summed E-state index contributed by atoms with van der Waals surface area (Å²) < 4.78 is 27.0. The molecule has 0 aliphatic rings. The Kier molecular flexibility index (Phi) is 5.23. The van der Waals surface area contributed by atoms with Crippen molar-refractivity contribution in [3.8, 4) is 0 Å². The second-order valence-corrected chi connectivity index (χ2v) is 6.17. The van der Waals surface area contributed by atoms with E-state index in [1.165, 1.54) is 31.4 Å². The molecule has 104 valence electrons. The van der Waals surface area contributed by atoms with Crippen LogP contribution >= 0.6 is 0 Å². The summed E-state index contributed by atoms with van der Waals surface area (Å²) in [5.41, 5.74) is 0.442. The second-order valence-electron chi connectivity index (χ2n) is 4.15. The lowest BCUT2D eigenvalue weighted by Gasteiger charge is -2.02. The van der Waals surface area contributed by atoms with Crippen LogP contribution in [0.15, 0.2) is 29.2 Å². The lowest BCUT2D eigenvalue weighted by molar-refractivity contribution is -0.140. The molecule has 0 atom stereocenters.